The molecule has 25 heavy (non-hydrogen) atoms. The highest BCUT2D eigenvalue weighted by molar-refractivity contribution is 6.20. The molecule has 0 aliphatic carbocycles. The number of hydrogen-bond donors (Lipinski definition) is 0. The van der Waals surface area contributed by atoms with Gasteiger partial charge in [0.15, 0.2) is 0 Å². The standard InChI is InChI=1S/C18H21BN2O4/c1-20(2)17(22)13-7-5-9-15(11-13)24-19-25-16-10-6-8-14(12-16)18(23)21(3)4/h5-12,19H,1-4H3. The third-order valence-corrected chi connectivity index (χ3v) is 3.43. The summed E-state index contributed by atoms with van der Waals surface area (Å²) in [6, 6.07) is 13.8. The Kier molecular flexibility index (Phi) is 6.06. The summed E-state index contributed by atoms with van der Waals surface area (Å²) in [4.78, 5) is 26.9. The normalized spacial score (nSPS) is 9.92. The Morgan fingerprint density at radius 2 is 1.16 bits per heavy atom. The molecule has 0 aliphatic rings. The lowest BCUT2D eigenvalue weighted by Gasteiger charge is -2.13. The van der Waals surface area contributed by atoms with Gasteiger partial charge in [-0.05, 0) is 36.4 Å². The summed E-state index contributed by atoms with van der Waals surface area (Å²) in [6.45, 7) is 0. The monoisotopic (exact) mass is 340 g/mol. The van der Waals surface area contributed by atoms with E-state index in [4.69, 9.17) is 9.31 Å². The Morgan fingerprint density at radius 3 is 1.52 bits per heavy atom. The molecule has 0 heterocycles. The summed E-state index contributed by atoms with van der Waals surface area (Å²) >= 11 is 0. The molecule has 0 unspecified atom stereocenters. The van der Waals surface area contributed by atoms with Crippen LogP contribution in [-0.2, 0) is 0 Å². The number of hydrogen-bond acceptors (Lipinski definition) is 4. The predicted octanol–water partition coefficient (Wildman–Crippen LogP) is 1.81. The maximum atomic E-state index is 12.0. The van der Waals surface area contributed by atoms with Crippen molar-refractivity contribution >= 4 is 19.5 Å². The van der Waals surface area contributed by atoms with E-state index in [1.807, 2.05) is 0 Å². The molecule has 7 heteroatoms. The summed E-state index contributed by atoms with van der Waals surface area (Å²) in [5.41, 5.74) is 1.09. The van der Waals surface area contributed by atoms with Crippen LogP contribution in [0.5, 0.6) is 11.5 Å². The van der Waals surface area contributed by atoms with Crippen LogP contribution in [-0.4, -0.2) is 57.5 Å². The van der Waals surface area contributed by atoms with Crippen LogP contribution in [0.2, 0.25) is 0 Å². The fourth-order valence-corrected chi connectivity index (χ4v) is 2.12. The van der Waals surface area contributed by atoms with Crippen molar-refractivity contribution in [3.05, 3.63) is 59.7 Å². The molecule has 0 atom stereocenters. The molecule has 0 aromatic heterocycles. The van der Waals surface area contributed by atoms with E-state index in [-0.39, 0.29) is 19.5 Å². The molecule has 130 valence electrons. The van der Waals surface area contributed by atoms with Crippen LogP contribution < -0.4 is 9.31 Å². The molecule has 0 saturated carbocycles. The van der Waals surface area contributed by atoms with E-state index in [0.717, 1.165) is 0 Å². The van der Waals surface area contributed by atoms with Gasteiger partial charge in [0.25, 0.3) is 11.8 Å². The minimum absolute atomic E-state index is 0.0286. The van der Waals surface area contributed by atoms with Crippen molar-refractivity contribution in [3.63, 3.8) is 0 Å². The first-order valence-corrected chi connectivity index (χ1v) is 7.77. The fraction of sp³-hybridized carbons (Fsp3) is 0.222. The molecule has 0 spiro atoms. The Labute approximate surface area is 148 Å². The smallest absolute Gasteiger partial charge is 0.529 e. The Bertz CT molecular complexity index is 699. The van der Waals surface area contributed by atoms with E-state index < -0.39 is 0 Å². The van der Waals surface area contributed by atoms with E-state index in [1.54, 1.807) is 76.7 Å². The minimum Gasteiger partial charge on any atom is -0.529 e. The molecular formula is C18H21BN2O4. The van der Waals surface area contributed by atoms with Crippen molar-refractivity contribution in [2.45, 2.75) is 0 Å². The van der Waals surface area contributed by atoms with E-state index in [9.17, 15) is 9.59 Å². The summed E-state index contributed by atoms with van der Waals surface area (Å²) in [6.07, 6.45) is 0. The number of carbonyl (C=O) groups excluding carboxylic acids is 2. The van der Waals surface area contributed by atoms with Gasteiger partial charge in [-0.25, -0.2) is 0 Å². The first-order chi connectivity index (χ1) is 11.9. The van der Waals surface area contributed by atoms with Crippen LogP contribution in [0.1, 0.15) is 20.7 Å². The van der Waals surface area contributed by atoms with Crippen LogP contribution in [0.15, 0.2) is 48.5 Å². The number of amides is 2. The van der Waals surface area contributed by atoms with E-state index in [1.165, 1.54) is 9.80 Å². The number of nitrogens with zero attached hydrogens (tertiary/aromatic N) is 2. The Morgan fingerprint density at radius 1 is 0.760 bits per heavy atom. The summed E-state index contributed by atoms with van der Waals surface area (Å²) in [5.74, 6) is 0.879. The van der Waals surface area contributed by atoms with Gasteiger partial charge in [0, 0.05) is 39.3 Å². The number of benzene rings is 2. The molecular weight excluding hydrogens is 319 g/mol. The van der Waals surface area contributed by atoms with E-state index in [0.29, 0.717) is 22.6 Å². The highest BCUT2D eigenvalue weighted by Crippen LogP contribution is 2.16. The molecule has 0 aliphatic heterocycles. The van der Waals surface area contributed by atoms with Crippen molar-refractivity contribution in [2.24, 2.45) is 0 Å². The van der Waals surface area contributed by atoms with Gasteiger partial charge in [-0.3, -0.25) is 9.59 Å². The van der Waals surface area contributed by atoms with Crippen molar-refractivity contribution in [1.82, 2.24) is 9.80 Å². The Balaban J connectivity index is 1.97. The molecule has 0 fully saturated rings. The first-order valence-electron chi connectivity index (χ1n) is 7.77. The van der Waals surface area contributed by atoms with E-state index in [2.05, 4.69) is 0 Å². The second kappa shape index (κ2) is 8.23. The van der Waals surface area contributed by atoms with Gasteiger partial charge in [-0.1, -0.05) is 12.1 Å². The topological polar surface area (TPSA) is 59.1 Å². The van der Waals surface area contributed by atoms with Crippen LogP contribution in [0.3, 0.4) is 0 Å². The summed E-state index contributed by atoms with van der Waals surface area (Å²) in [7, 11) is 6.75. The molecule has 2 aromatic rings. The third kappa shape index (κ3) is 5.01. The second-order valence-electron chi connectivity index (χ2n) is 5.86. The van der Waals surface area contributed by atoms with Gasteiger partial charge in [0.2, 0.25) is 0 Å². The fourth-order valence-electron chi connectivity index (χ4n) is 2.12. The van der Waals surface area contributed by atoms with Gasteiger partial charge in [-0.2, -0.15) is 0 Å². The Hall–Kier alpha value is -2.96. The third-order valence-electron chi connectivity index (χ3n) is 3.43. The van der Waals surface area contributed by atoms with Gasteiger partial charge in [-0.15, -0.1) is 0 Å². The second-order valence-corrected chi connectivity index (χ2v) is 5.86. The maximum Gasteiger partial charge on any atom is 0.576 e. The van der Waals surface area contributed by atoms with Gasteiger partial charge in [0.05, 0.1) is 0 Å². The lowest BCUT2D eigenvalue weighted by atomic mass is 10.2. The van der Waals surface area contributed by atoms with Crippen LogP contribution >= 0.6 is 0 Å². The molecule has 0 N–H and O–H groups in total. The van der Waals surface area contributed by atoms with Crippen LogP contribution in [0, 0.1) is 0 Å². The predicted molar refractivity (Wildman–Crippen MR) is 97.3 cm³/mol. The largest absolute Gasteiger partial charge is 0.576 e. The number of rotatable bonds is 6. The van der Waals surface area contributed by atoms with Crippen LogP contribution in [0.25, 0.3) is 0 Å². The summed E-state index contributed by atoms with van der Waals surface area (Å²) < 4.78 is 11.1. The van der Waals surface area contributed by atoms with E-state index >= 15 is 0 Å². The minimum atomic E-state index is -0.0960. The lowest BCUT2D eigenvalue weighted by molar-refractivity contribution is 0.0820. The zero-order chi connectivity index (χ0) is 18.4. The SMILES string of the molecule is CN(C)C(=O)c1cccc(OBOc2cccc(C(=O)N(C)C)c2)c1. The maximum absolute atomic E-state index is 12.0. The average molecular weight is 340 g/mol. The molecule has 2 amide bonds. The van der Waals surface area contributed by atoms with Crippen LogP contribution in [0.4, 0.5) is 0 Å². The highest BCUT2D eigenvalue weighted by atomic mass is 16.6. The molecule has 0 radical (unpaired) electrons. The highest BCUT2D eigenvalue weighted by Gasteiger charge is 2.11. The molecule has 6 nitrogen and oxygen atoms in total. The lowest BCUT2D eigenvalue weighted by Crippen LogP contribution is -2.22. The zero-order valence-electron chi connectivity index (χ0n) is 14.9. The molecule has 2 aromatic carbocycles. The molecule has 0 saturated heterocycles. The summed E-state index contributed by atoms with van der Waals surface area (Å²) in [5, 5.41) is 0. The van der Waals surface area contributed by atoms with Gasteiger partial charge in [0.1, 0.15) is 11.5 Å². The van der Waals surface area contributed by atoms with Gasteiger partial charge >= 0.3 is 7.69 Å². The van der Waals surface area contributed by atoms with Gasteiger partial charge < -0.3 is 19.1 Å². The quantitative estimate of drug-likeness (QED) is 0.753. The van der Waals surface area contributed by atoms with Crippen molar-refractivity contribution in [1.29, 1.82) is 0 Å². The van der Waals surface area contributed by atoms with Crippen molar-refractivity contribution in [3.8, 4) is 11.5 Å². The van der Waals surface area contributed by atoms with Crippen molar-refractivity contribution in [2.75, 3.05) is 28.2 Å². The first kappa shape index (κ1) is 18.4. The molecule has 2 rings (SSSR count). The van der Waals surface area contributed by atoms with Crippen molar-refractivity contribution < 1.29 is 18.9 Å². The molecule has 0 bridgehead atoms. The average Bonchev–Trinajstić information content (AvgIpc) is 2.60. The zero-order valence-corrected chi connectivity index (χ0v) is 14.9. The number of carbonyl (C=O) groups is 2.